The average Bonchev–Trinajstić information content (AvgIpc) is 3.10. The number of amides is 2. The van der Waals surface area contributed by atoms with Gasteiger partial charge < -0.3 is 4.42 Å². The molecular weight excluding hydrogens is 286 g/mol. The van der Waals surface area contributed by atoms with E-state index in [2.05, 4.69) is 0 Å². The Balaban J connectivity index is 1.48. The SMILES string of the molecule is O=C1c2ccccc2C(=O)N1CCCSCc1ccco1. The third-order valence-electron chi connectivity index (χ3n) is 3.37. The first-order chi connectivity index (χ1) is 10.3. The van der Waals surface area contributed by atoms with Gasteiger partial charge >= 0.3 is 0 Å². The second-order valence-electron chi connectivity index (χ2n) is 4.79. The number of hydrogen-bond donors (Lipinski definition) is 0. The summed E-state index contributed by atoms with van der Waals surface area (Å²) in [5, 5.41) is 0. The Labute approximate surface area is 127 Å². The Bertz CT molecular complexity index is 616. The van der Waals surface area contributed by atoms with Gasteiger partial charge in [-0.2, -0.15) is 11.8 Å². The zero-order valence-electron chi connectivity index (χ0n) is 11.5. The fourth-order valence-corrected chi connectivity index (χ4v) is 3.18. The Kier molecular flexibility index (Phi) is 4.10. The Hall–Kier alpha value is -2.01. The van der Waals surface area contributed by atoms with Crippen molar-refractivity contribution in [3.8, 4) is 0 Å². The molecule has 0 saturated heterocycles. The quantitative estimate of drug-likeness (QED) is 0.607. The maximum absolute atomic E-state index is 12.1. The average molecular weight is 301 g/mol. The fraction of sp³-hybridized carbons (Fsp3) is 0.250. The van der Waals surface area contributed by atoms with Crippen molar-refractivity contribution in [2.75, 3.05) is 12.3 Å². The van der Waals surface area contributed by atoms with Crippen LogP contribution in [0.25, 0.3) is 0 Å². The van der Waals surface area contributed by atoms with E-state index in [9.17, 15) is 9.59 Å². The monoisotopic (exact) mass is 301 g/mol. The number of thioether (sulfide) groups is 1. The van der Waals surface area contributed by atoms with Crippen molar-refractivity contribution in [3.05, 3.63) is 59.5 Å². The highest BCUT2D eigenvalue weighted by Crippen LogP contribution is 2.23. The lowest BCUT2D eigenvalue weighted by Crippen LogP contribution is -2.31. The molecule has 108 valence electrons. The van der Waals surface area contributed by atoms with Gasteiger partial charge in [-0.3, -0.25) is 14.5 Å². The summed E-state index contributed by atoms with van der Waals surface area (Å²) in [6.45, 7) is 0.470. The summed E-state index contributed by atoms with van der Waals surface area (Å²) in [4.78, 5) is 25.6. The van der Waals surface area contributed by atoms with Crippen LogP contribution in [0.3, 0.4) is 0 Å². The number of nitrogens with zero attached hydrogens (tertiary/aromatic N) is 1. The van der Waals surface area contributed by atoms with Gasteiger partial charge in [0.25, 0.3) is 11.8 Å². The van der Waals surface area contributed by atoms with E-state index in [1.54, 1.807) is 42.3 Å². The molecule has 0 atom stereocenters. The molecule has 4 nitrogen and oxygen atoms in total. The molecule has 3 rings (SSSR count). The van der Waals surface area contributed by atoms with E-state index in [0.29, 0.717) is 17.7 Å². The van der Waals surface area contributed by atoms with Gasteiger partial charge in [-0.15, -0.1) is 0 Å². The fourth-order valence-electron chi connectivity index (χ4n) is 2.33. The predicted octanol–water partition coefficient (Wildman–Crippen LogP) is 3.20. The van der Waals surface area contributed by atoms with Gasteiger partial charge in [0.05, 0.1) is 23.1 Å². The largest absolute Gasteiger partial charge is 0.468 e. The molecule has 0 spiro atoms. The zero-order chi connectivity index (χ0) is 14.7. The highest BCUT2D eigenvalue weighted by molar-refractivity contribution is 7.98. The number of benzene rings is 1. The van der Waals surface area contributed by atoms with Crippen molar-refractivity contribution < 1.29 is 14.0 Å². The molecular formula is C16H15NO3S. The van der Waals surface area contributed by atoms with Crippen molar-refractivity contribution in [1.82, 2.24) is 4.90 Å². The Morgan fingerprint density at radius 2 is 1.71 bits per heavy atom. The first-order valence-electron chi connectivity index (χ1n) is 6.83. The molecule has 0 saturated carbocycles. The van der Waals surface area contributed by atoms with E-state index in [-0.39, 0.29) is 11.8 Å². The highest BCUT2D eigenvalue weighted by atomic mass is 32.2. The van der Waals surface area contributed by atoms with E-state index in [0.717, 1.165) is 23.7 Å². The summed E-state index contributed by atoms with van der Waals surface area (Å²) in [6.07, 6.45) is 2.45. The third-order valence-corrected chi connectivity index (χ3v) is 4.44. The molecule has 0 aliphatic carbocycles. The number of carbonyl (C=O) groups excluding carboxylic acids is 2. The molecule has 1 aliphatic rings. The van der Waals surface area contributed by atoms with Gasteiger partial charge in [0.1, 0.15) is 5.76 Å². The van der Waals surface area contributed by atoms with Crippen LogP contribution < -0.4 is 0 Å². The van der Waals surface area contributed by atoms with Gasteiger partial charge in [0.15, 0.2) is 0 Å². The molecule has 2 amide bonds. The van der Waals surface area contributed by atoms with Gasteiger partial charge in [0.2, 0.25) is 0 Å². The number of carbonyl (C=O) groups is 2. The second-order valence-corrected chi connectivity index (χ2v) is 5.90. The van der Waals surface area contributed by atoms with E-state index in [1.807, 2.05) is 12.1 Å². The molecule has 2 aromatic rings. The van der Waals surface area contributed by atoms with E-state index < -0.39 is 0 Å². The van der Waals surface area contributed by atoms with Crippen LogP contribution in [0.4, 0.5) is 0 Å². The molecule has 2 heterocycles. The van der Waals surface area contributed by atoms with Crippen molar-refractivity contribution in [2.45, 2.75) is 12.2 Å². The first kappa shape index (κ1) is 13.9. The lowest BCUT2D eigenvalue weighted by Gasteiger charge is -2.13. The van der Waals surface area contributed by atoms with Crippen molar-refractivity contribution in [3.63, 3.8) is 0 Å². The minimum Gasteiger partial charge on any atom is -0.468 e. The Morgan fingerprint density at radius 3 is 2.33 bits per heavy atom. The molecule has 0 N–H and O–H groups in total. The second kappa shape index (κ2) is 6.18. The van der Waals surface area contributed by atoms with Crippen LogP contribution in [0.5, 0.6) is 0 Å². The molecule has 21 heavy (non-hydrogen) atoms. The van der Waals surface area contributed by atoms with Gasteiger partial charge in [-0.25, -0.2) is 0 Å². The van der Waals surface area contributed by atoms with E-state index in [1.165, 1.54) is 4.90 Å². The third kappa shape index (κ3) is 2.88. The van der Waals surface area contributed by atoms with Crippen LogP contribution in [-0.2, 0) is 5.75 Å². The summed E-state index contributed by atoms with van der Waals surface area (Å²) in [7, 11) is 0. The molecule has 0 unspecified atom stereocenters. The Morgan fingerprint density at radius 1 is 1.00 bits per heavy atom. The minimum absolute atomic E-state index is 0.174. The molecule has 0 bridgehead atoms. The van der Waals surface area contributed by atoms with Crippen LogP contribution in [0.2, 0.25) is 0 Å². The maximum atomic E-state index is 12.1. The van der Waals surface area contributed by atoms with Crippen LogP contribution in [0.1, 0.15) is 32.9 Å². The van der Waals surface area contributed by atoms with E-state index >= 15 is 0 Å². The number of hydrogen-bond acceptors (Lipinski definition) is 4. The molecule has 1 aliphatic heterocycles. The van der Waals surface area contributed by atoms with Crippen molar-refractivity contribution >= 4 is 23.6 Å². The molecule has 1 aromatic heterocycles. The van der Waals surface area contributed by atoms with Gasteiger partial charge in [-0.1, -0.05) is 12.1 Å². The molecule has 1 aromatic carbocycles. The summed E-state index contributed by atoms with van der Waals surface area (Å²) in [6, 6.07) is 10.8. The lowest BCUT2D eigenvalue weighted by atomic mass is 10.1. The van der Waals surface area contributed by atoms with Crippen molar-refractivity contribution in [2.24, 2.45) is 0 Å². The van der Waals surface area contributed by atoms with Crippen LogP contribution in [0, 0.1) is 0 Å². The van der Waals surface area contributed by atoms with Crippen LogP contribution in [0.15, 0.2) is 47.1 Å². The molecule has 5 heteroatoms. The summed E-state index contributed by atoms with van der Waals surface area (Å²) < 4.78 is 5.25. The van der Waals surface area contributed by atoms with Crippen LogP contribution in [-0.4, -0.2) is 29.0 Å². The van der Waals surface area contributed by atoms with Gasteiger partial charge in [-0.05, 0) is 36.4 Å². The van der Waals surface area contributed by atoms with E-state index in [4.69, 9.17) is 4.42 Å². The molecule has 0 fully saturated rings. The smallest absolute Gasteiger partial charge is 0.261 e. The number of fused-ring (bicyclic) bond motifs is 1. The minimum atomic E-state index is -0.174. The topological polar surface area (TPSA) is 50.5 Å². The first-order valence-corrected chi connectivity index (χ1v) is 7.98. The maximum Gasteiger partial charge on any atom is 0.261 e. The van der Waals surface area contributed by atoms with Gasteiger partial charge in [0, 0.05) is 6.54 Å². The highest BCUT2D eigenvalue weighted by Gasteiger charge is 2.34. The standard InChI is InChI=1S/C16H15NO3S/c18-15-13-6-1-2-7-14(13)16(19)17(15)8-4-10-21-11-12-5-3-9-20-12/h1-3,5-7,9H,4,8,10-11H2. The normalized spacial score (nSPS) is 13.8. The summed E-state index contributed by atoms with van der Waals surface area (Å²) in [5.41, 5.74) is 1.04. The van der Waals surface area contributed by atoms with Crippen molar-refractivity contribution in [1.29, 1.82) is 0 Å². The zero-order valence-corrected chi connectivity index (χ0v) is 12.3. The molecule has 0 radical (unpaired) electrons. The summed E-state index contributed by atoms with van der Waals surface area (Å²) in [5.74, 6) is 2.29. The number of furan rings is 1. The number of imide groups is 1. The lowest BCUT2D eigenvalue weighted by molar-refractivity contribution is 0.0655. The number of rotatable bonds is 6. The predicted molar refractivity (Wildman–Crippen MR) is 81.3 cm³/mol. The summed E-state index contributed by atoms with van der Waals surface area (Å²) >= 11 is 1.74. The van der Waals surface area contributed by atoms with Crippen LogP contribution >= 0.6 is 11.8 Å².